The van der Waals surface area contributed by atoms with Crippen LogP contribution in [-0.2, 0) is 0 Å². The van der Waals surface area contributed by atoms with Gasteiger partial charge in [0.2, 0.25) is 0 Å². The maximum Gasteiger partial charge on any atom is 0.0431 e. The summed E-state index contributed by atoms with van der Waals surface area (Å²) in [6.07, 6.45) is 13.4. The monoisotopic (exact) mass is 168 g/mol. The van der Waals surface area contributed by atoms with Gasteiger partial charge in [0.05, 0.1) is 0 Å². The molecule has 0 saturated carbocycles. The average Bonchev–Trinajstić information content (AvgIpc) is 2.02. The first-order valence-electron chi connectivity index (χ1n) is 5.19. The van der Waals surface area contributed by atoms with Crippen molar-refractivity contribution in [2.75, 3.05) is 6.61 Å². The fourth-order valence-electron chi connectivity index (χ4n) is 1.86. The predicted octanol–water partition coefficient (Wildman–Crippen LogP) is 2.90. The van der Waals surface area contributed by atoms with Crippen molar-refractivity contribution in [2.45, 2.75) is 44.9 Å². The van der Waals surface area contributed by atoms with Crippen molar-refractivity contribution in [3.8, 4) is 0 Å². The number of allylic oxidation sites excluding steroid dienone is 2. The van der Waals surface area contributed by atoms with E-state index >= 15 is 0 Å². The van der Waals surface area contributed by atoms with Crippen molar-refractivity contribution >= 4 is 0 Å². The highest BCUT2D eigenvalue weighted by Gasteiger charge is 2.07. The third-order valence-corrected chi connectivity index (χ3v) is 2.64. The van der Waals surface area contributed by atoms with Crippen LogP contribution in [0.5, 0.6) is 0 Å². The minimum atomic E-state index is 0.361. The van der Waals surface area contributed by atoms with Crippen molar-refractivity contribution in [3.63, 3.8) is 0 Å². The van der Waals surface area contributed by atoms with Gasteiger partial charge in [-0.05, 0) is 38.0 Å². The maximum absolute atomic E-state index is 8.70. The van der Waals surface area contributed by atoms with E-state index in [9.17, 15) is 0 Å². The molecule has 0 saturated heterocycles. The molecule has 1 aliphatic rings. The van der Waals surface area contributed by atoms with Crippen LogP contribution < -0.4 is 0 Å². The van der Waals surface area contributed by atoms with Crippen molar-refractivity contribution in [1.82, 2.24) is 0 Å². The number of aliphatic hydroxyl groups excluding tert-OH is 1. The number of aliphatic hydroxyl groups is 1. The SMILES string of the molecule is OCCCC1CC=CCCCC1. The smallest absolute Gasteiger partial charge is 0.0431 e. The summed E-state index contributed by atoms with van der Waals surface area (Å²) in [4.78, 5) is 0. The van der Waals surface area contributed by atoms with E-state index in [2.05, 4.69) is 12.2 Å². The van der Waals surface area contributed by atoms with Crippen LogP contribution in [0.1, 0.15) is 44.9 Å². The highest BCUT2D eigenvalue weighted by Crippen LogP contribution is 2.22. The minimum absolute atomic E-state index is 0.361. The molecular weight excluding hydrogens is 148 g/mol. The quantitative estimate of drug-likeness (QED) is 0.642. The summed E-state index contributed by atoms with van der Waals surface area (Å²) in [5.41, 5.74) is 0. The fourth-order valence-corrected chi connectivity index (χ4v) is 1.86. The normalized spacial score (nSPS) is 24.9. The Labute approximate surface area is 75.5 Å². The summed E-state index contributed by atoms with van der Waals surface area (Å²) in [6.45, 7) is 0.361. The molecule has 0 amide bonds. The molecule has 0 aromatic rings. The lowest BCUT2D eigenvalue weighted by Gasteiger charge is -2.15. The second-order valence-electron chi connectivity index (χ2n) is 3.72. The van der Waals surface area contributed by atoms with Crippen molar-refractivity contribution in [1.29, 1.82) is 0 Å². The molecule has 70 valence electrons. The van der Waals surface area contributed by atoms with Gasteiger partial charge >= 0.3 is 0 Å². The van der Waals surface area contributed by atoms with Crippen LogP contribution in [0.15, 0.2) is 12.2 Å². The summed E-state index contributed by atoms with van der Waals surface area (Å²) in [7, 11) is 0. The van der Waals surface area contributed by atoms with Crippen LogP contribution in [0.2, 0.25) is 0 Å². The Balaban J connectivity index is 2.20. The fraction of sp³-hybridized carbons (Fsp3) is 0.818. The molecule has 1 N–H and O–H groups in total. The standard InChI is InChI=1S/C11H20O/c12-10-6-9-11-7-4-2-1-3-5-8-11/h2,4,11-12H,1,3,5-10H2. The van der Waals surface area contributed by atoms with Gasteiger partial charge in [-0.1, -0.05) is 25.0 Å². The first-order chi connectivity index (χ1) is 5.93. The zero-order chi connectivity index (χ0) is 8.65. The summed E-state index contributed by atoms with van der Waals surface area (Å²) in [5, 5.41) is 8.70. The molecule has 0 aromatic carbocycles. The van der Waals surface area contributed by atoms with E-state index in [0.29, 0.717) is 6.61 Å². The summed E-state index contributed by atoms with van der Waals surface area (Å²) >= 11 is 0. The molecule has 1 unspecified atom stereocenters. The second kappa shape index (κ2) is 6.24. The summed E-state index contributed by atoms with van der Waals surface area (Å²) < 4.78 is 0. The first kappa shape index (κ1) is 9.79. The van der Waals surface area contributed by atoms with E-state index in [0.717, 1.165) is 12.3 Å². The van der Waals surface area contributed by atoms with Crippen molar-refractivity contribution in [2.24, 2.45) is 5.92 Å². The lowest BCUT2D eigenvalue weighted by molar-refractivity contribution is 0.267. The zero-order valence-electron chi connectivity index (χ0n) is 7.84. The Morgan fingerprint density at radius 1 is 1.25 bits per heavy atom. The molecular formula is C11H20O. The molecule has 1 heteroatoms. The molecule has 12 heavy (non-hydrogen) atoms. The molecule has 0 radical (unpaired) electrons. The number of hydrogen-bond acceptors (Lipinski definition) is 1. The van der Waals surface area contributed by atoms with E-state index in [-0.39, 0.29) is 0 Å². The molecule has 0 bridgehead atoms. The average molecular weight is 168 g/mol. The molecule has 0 aliphatic heterocycles. The maximum atomic E-state index is 8.70. The Morgan fingerprint density at radius 3 is 3.00 bits per heavy atom. The van der Waals surface area contributed by atoms with Gasteiger partial charge in [-0.3, -0.25) is 0 Å². The lowest BCUT2D eigenvalue weighted by atomic mass is 9.91. The molecule has 0 fully saturated rings. The van der Waals surface area contributed by atoms with Gasteiger partial charge in [0.1, 0.15) is 0 Å². The largest absolute Gasteiger partial charge is 0.396 e. The van der Waals surface area contributed by atoms with Gasteiger partial charge in [0.15, 0.2) is 0 Å². The third kappa shape index (κ3) is 3.91. The van der Waals surface area contributed by atoms with E-state index in [1.54, 1.807) is 0 Å². The molecule has 0 heterocycles. The Hall–Kier alpha value is -0.300. The van der Waals surface area contributed by atoms with E-state index < -0.39 is 0 Å². The topological polar surface area (TPSA) is 20.2 Å². The van der Waals surface area contributed by atoms with Crippen LogP contribution in [0.4, 0.5) is 0 Å². The predicted molar refractivity (Wildman–Crippen MR) is 52.0 cm³/mol. The molecule has 0 aromatic heterocycles. The number of hydrogen-bond donors (Lipinski definition) is 1. The minimum Gasteiger partial charge on any atom is -0.396 e. The van der Waals surface area contributed by atoms with Crippen molar-refractivity contribution in [3.05, 3.63) is 12.2 Å². The van der Waals surface area contributed by atoms with Gasteiger partial charge in [-0.2, -0.15) is 0 Å². The summed E-state index contributed by atoms with van der Waals surface area (Å²) in [5.74, 6) is 0.841. The summed E-state index contributed by atoms with van der Waals surface area (Å²) in [6, 6.07) is 0. The highest BCUT2D eigenvalue weighted by atomic mass is 16.2. The molecule has 1 nitrogen and oxygen atoms in total. The van der Waals surface area contributed by atoms with E-state index in [4.69, 9.17) is 5.11 Å². The van der Waals surface area contributed by atoms with Gasteiger partial charge in [-0.15, -0.1) is 0 Å². The lowest BCUT2D eigenvalue weighted by Crippen LogP contribution is -2.02. The van der Waals surface area contributed by atoms with Crippen LogP contribution in [0.3, 0.4) is 0 Å². The van der Waals surface area contributed by atoms with Gasteiger partial charge < -0.3 is 5.11 Å². The Kier molecular flexibility index (Phi) is 5.09. The first-order valence-corrected chi connectivity index (χ1v) is 5.19. The van der Waals surface area contributed by atoms with Crippen LogP contribution in [0.25, 0.3) is 0 Å². The zero-order valence-corrected chi connectivity index (χ0v) is 7.84. The molecule has 1 aliphatic carbocycles. The van der Waals surface area contributed by atoms with Crippen molar-refractivity contribution < 1.29 is 5.11 Å². The second-order valence-corrected chi connectivity index (χ2v) is 3.72. The van der Waals surface area contributed by atoms with Gasteiger partial charge in [-0.25, -0.2) is 0 Å². The van der Waals surface area contributed by atoms with Crippen LogP contribution >= 0.6 is 0 Å². The Bertz CT molecular complexity index is 129. The molecule has 1 atom stereocenters. The number of rotatable bonds is 3. The molecule has 0 spiro atoms. The van der Waals surface area contributed by atoms with Crippen LogP contribution in [-0.4, -0.2) is 11.7 Å². The van der Waals surface area contributed by atoms with E-state index in [1.807, 2.05) is 0 Å². The molecule has 1 rings (SSSR count). The van der Waals surface area contributed by atoms with Crippen LogP contribution in [0, 0.1) is 5.92 Å². The van der Waals surface area contributed by atoms with E-state index in [1.165, 1.54) is 38.5 Å². The highest BCUT2D eigenvalue weighted by molar-refractivity contribution is 4.86. The van der Waals surface area contributed by atoms with Gasteiger partial charge in [0, 0.05) is 6.61 Å². The van der Waals surface area contributed by atoms with Gasteiger partial charge in [0.25, 0.3) is 0 Å². The third-order valence-electron chi connectivity index (χ3n) is 2.64. The Morgan fingerprint density at radius 2 is 2.17 bits per heavy atom.